The number of alkyl halides is 1. The van der Waals surface area contributed by atoms with E-state index in [0.29, 0.717) is 18.8 Å². The summed E-state index contributed by atoms with van der Waals surface area (Å²) in [4.78, 5) is 0. The minimum absolute atomic E-state index is 0.195. The predicted molar refractivity (Wildman–Crippen MR) is 62.3 cm³/mol. The lowest BCUT2D eigenvalue weighted by Crippen LogP contribution is -2.49. The summed E-state index contributed by atoms with van der Waals surface area (Å²) >= 11 is 5.61. The van der Waals surface area contributed by atoms with Crippen molar-refractivity contribution < 1.29 is 8.42 Å². The lowest BCUT2D eigenvalue weighted by atomic mass is 9.93. The molecule has 1 fully saturated rings. The van der Waals surface area contributed by atoms with Gasteiger partial charge in [-0.15, -0.1) is 11.6 Å². The lowest BCUT2D eigenvalue weighted by molar-refractivity contribution is 0.210. The quantitative estimate of drug-likeness (QED) is 0.670. The van der Waals surface area contributed by atoms with Crippen LogP contribution in [0.25, 0.3) is 0 Å². The molecule has 1 rings (SSSR count). The second-order valence-corrected chi connectivity index (χ2v) is 6.50. The van der Waals surface area contributed by atoms with Crippen molar-refractivity contribution in [3.8, 4) is 0 Å². The maximum atomic E-state index is 12.0. The Morgan fingerprint density at radius 3 is 2.27 bits per heavy atom. The average molecular weight is 255 g/mol. The van der Waals surface area contributed by atoms with Crippen LogP contribution in [-0.2, 0) is 10.2 Å². The molecule has 1 aliphatic rings. The molecule has 0 aromatic carbocycles. The highest BCUT2D eigenvalue weighted by Gasteiger charge is 2.34. The number of hydrogen-bond acceptors (Lipinski definition) is 2. The van der Waals surface area contributed by atoms with E-state index in [1.165, 1.54) is 4.31 Å². The molecule has 0 amide bonds. The number of nitrogens with zero attached hydrogens (tertiary/aromatic N) is 2. The SMILES string of the molecule is CN(C)S(=O)(=O)N(CCCCl)C1CCC1. The summed E-state index contributed by atoms with van der Waals surface area (Å²) in [7, 11) is -0.121. The Morgan fingerprint density at radius 1 is 1.33 bits per heavy atom. The normalized spacial score (nSPS) is 18.5. The molecule has 0 unspecified atom stereocenters. The smallest absolute Gasteiger partial charge is 0.195 e. The Balaban J connectivity index is 2.70. The summed E-state index contributed by atoms with van der Waals surface area (Å²) in [6, 6.07) is 0.195. The molecule has 0 radical (unpaired) electrons. The fourth-order valence-electron chi connectivity index (χ4n) is 1.59. The van der Waals surface area contributed by atoms with Crippen LogP contribution >= 0.6 is 11.6 Å². The maximum absolute atomic E-state index is 12.0. The molecular formula is C9H19ClN2O2S. The van der Waals surface area contributed by atoms with Crippen molar-refractivity contribution in [3.05, 3.63) is 0 Å². The van der Waals surface area contributed by atoms with Gasteiger partial charge in [0.2, 0.25) is 0 Å². The Labute approximate surface area is 97.4 Å². The monoisotopic (exact) mass is 254 g/mol. The highest BCUT2D eigenvalue weighted by Crippen LogP contribution is 2.27. The second-order valence-electron chi connectivity index (χ2n) is 4.03. The average Bonchev–Trinajstić information content (AvgIpc) is 2.08. The molecule has 0 aromatic rings. The molecule has 0 atom stereocenters. The Bertz CT molecular complexity index is 288. The summed E-state index contributed by atoms with van der Waals surface area (Å²) in [6.07, 6.45) is 3.81. The molecule has 0 saturated heterocycles. The van der Waals surface area contributed by atoms with Crippen molar-refractivity contribution in [1.29, 1.82) is 0 Å². The van der Waals surface area contributed by atoms with Gasteiger partial charge in [0.15, 0.2) is 0 Å². The van der Waals surface area contributed by atoms with E-state index in [2.05, 4.69) is 0 Å². The second kappa shape index (κ2) is 5.48. The zero-order valence-electron chi connectivity index (χ0n) is 9.32. The third-order valence-corrected chi connectivity index (χ3v) is 5.02. The molecule has 0 heterocycles. The van der Waals surface area contributed by atoms with E-state index in [0.717, 1.165) is 19.3 Å². The molecule has 0 aliphatic heterocycles. The van der Waals surface area contributed by atoms with Gasteiger partial charge >= 0.3 is 0 Å². The van der Waals surface area contributed by atoms with Gasteiger partial charge in [0, 0.05) is 32.6 Å². The standard InChI is InChI=1S/C9H19ClN2O2S/c1-11(2)15(13,14)12(8-4-7-10)9-5-3-6-9/h9H,3-8H2,1-2H3. The molecule has 0 aromatic heterocycles. The van der Waals surface area contributed by atoms with Crippen LogP contribution in [0.5, 0.6) is 0 Å². The summed E-state index contributed by atoms with van der Waals surface area (Å²) < 4.78 is 26.8. The molecule has 0 bridgehead atoms. The van der Waals surface area contributed by atoms with E-state index in [-0.39, 0.29) is 6.04 Å². The van der Waals surface area contributed by atoms with E-state index in [4.69, 9.17) is 11.6 Å². The molecular weight excluding hydrogens is 236 g/mol. The van der Waals surface area contributed by atoms with Crippen LogP contribution in [0.15, 0.2) is 0 Å². The topological polar surface area (TPSA) is 40.6 Å². The van der Waals surface area contributed by atoms with E-state index in [9.17, 15) is 8.42 Å². The van der Waals surface area contributed by atoms with Crippen LogP contribution in [0.2, 0.25) is 0 Å². The van der Waals surface area contributed by atoms with Gasteiger partial charge in [0.1, 0.15) is 0 Å². The summed E-state index contributed by atoms with van der Waals surface area (Å²) in [5, 5.41) is 0. The Morgan fingerprint density at radius 2 is 1.93 bits per heavy atom. The Kier molecular flexibility index (Phi) is 4.83. The fraction of sp³-hybridized carbons (Fsp3) is 1.00. The van der Waals surface area contributed by atoms with Crippen LogP contribution in [0.3, 0.4) is 0 Å². The van der Waals surface area contributed by atoms with Crippen LogP contribution in [0.4, 0.5) is 0 Å². The van der Waals surface area contributed by atoms with Gasteiger partial charge in [0.25, 0.3) is 10.2 Å². The van der Waals surface area contributed by atoms with Crippen molar-refractivity contribution in [1.82, 2.24) is 8.61 Å². The van der Waals surface area contributed by atoms with Gasteiger partial charge < -0.3 is 0 Å². The number of halogens is 1. The first-order valence-corrected chi connectivity index (χ1v) is 7.18. The first-order valence-electron chi connectivity index (χ1n) is 5.25. The van der Waals surface area contributed by atoms with Gasteiger partial charge in [-0.3, -0.25) is 0 Å². The third-order valence-electron chi connectivity index (χ3n) is 2.75. The first-order chi connectivity index (χ1) is 7.00. The maximum Gasteiger partial charge on any atom is 0.281 e. The van der Waals surface area contributed by atoms with E-state index >= 15 is 0 Å². The Hall–Kier alpha value is 0.160. The molecule has 0 N–H and O–H groups in total. The lowest BCUT2D eigenvalue weighted by Gasteiger charge is -2.37. The first kappa shape index (κ1) is 13.2. The molecule has 0 spiro atoms. The number of hydrogen-bond donors (Lipinski definition) is 0. The fourth-order valence-corrected chi connectivity index (χ4v) is 3.07. The predicted octanol–water partition coefficient (Wildman–Crippen LogP) is 1.28. The van der Waals surface area contributed by atoms with Crippen LogP contribution in [0, 0.1) is 0 Å². The van der Waals surface area contributed by atoms with Crippen molar-refractivity contribution in [2.24, 2.45) is 0 Å². The highest BCUT2D eigenvalue weighted by molar-refractivity contribution is 7.86. The summed E-state index contributed by atoms with van der Waals surface area (Å²) in [6.45, 7) is 0.536. The van der Waals surface area contributed by atoms with Crippen LogP contribution in [-0.4, -0.2) is 49.6 Å². The molecule has 15 heavy (non-hydrogen) atoms. The zero-order chi connectivity index (χ0) is 11.5. The van der Waals surface area contributed by atoms with Crippen molar-refractivity contribution >= 4 is 21.8 Å². The van der Waals surface area contributed by atoms with Gasteiger partial charge in [-0.25, -0.2) is 0 Å². The van der Waals surface area contributed by atoms with Gasteiger partial charge in [-0.05, 0) is 19.3 Å². The third kappa shape index (κ3) is 3.06. The van der Waals surface area contributed by atoms with E-state index in [1.807, 2.05) is 0 Å². The molecule has 1 aliphatic carbocycles. The van der Waals surface area contributed by atoms with Crippen molar-refractivity contribution in [2.45, 2.75) is 31.7 Å². The van der Waals surface area contributed by atoms with Crippen LogP contribution < -0.4 is 0 Å². The van der Waals surface area contributed by atoms with E-state index in [1.54, 1.807) is 18.4 Å². The molecule has 4 nitrogen and oxygen atoms in total. The van der Waals surface area contributed by atoms with E-state index < -0.39 is 10.2 Å². The molecule has 1 saturated carbocycles. The number of rotatable bonds is 6. The minimum Gasteiger partial charge on any atom is -0.195 e. The summed E-state index contributed by atoms with van der Waals surface area (Å²) in [5.41, 5.74) is 0. The van der Waals surface area contributed by atoms with Crippen LogP contribution in [0.1, 0.15) is 25.7 Å². The van der Waals surface area contributed by atoms with Gasteiger partial charge in [-0.2, -0.15) is 17.0 Å². The molecule has 90 valence electrons. The van der Waals surface area contributed by atoms with Crippen molar-refractivity contribution in [2.75, 3.05) is 26.5 Å². The summed E-state index contributed by atoms with van der Waals surface area (Å²) in [5.74, 6) is 0.506. The van der Waals surface area contributed by atoms with Crippen molar-refractivity contribution in [3.63, 3.8) is 0 Å². The highest BCUT2D eigenvalue weighted by atomic mass is 35.5. The minimum atomic E-state index is -3.26. The largest absolute Gasteiger partial charge is 0.281 e. The van der Waals surface area contributed by atoms with Gasteiger partial charge in [0.05, 0.1) is 0 Å². The molecule has 6 heteroatoms. The zero-order valence-corrected chi connectivity index (χ0v) is 10.9. The van der Waals surface area contributed by atoms with Gasteiger partial charge in [-0.1, -0.05) is 6.42 Å².